The molecule has 0 bridgehead atoms. The first-order valence-corrected chi connectivity index (χ1v) is 22.7. The van der Waals surface area contributed by atoms with Gasteiger partial charge in [-0.15, -0.1) is 0 Å². The Morgan fingerprint density at radius 3 is 0.464 bits per heavy atom. The Hall–Kier alpha value is 1.16. The van der Waals surface area contributed by atoms with E-state index >= 15 is 0 Å². The van der Waals surface area contributed by atoms with E-state index < -0.39 is 36.8 Å². The molecule has 0 spiro atoms. The van der Waals surface area contributed by atoms with Gasteiger partial charge in [0.15, 0.2) is 0 Å². The average Bonchev–Trinajstić information content (AvgIpc) is 2.23. The zero-order valence-corrected chi connectivity index (χ0v) is 28.7. The van der Waals surface area contributed by atoms with Crippen LogP contribution in [-0.4, -0.2) is 36.8 Å². The molecule has 0 nitrogen and oxygen atoms in total. The molecule has 0 amide bonds. The fourth-order valence-corrected chi connectivity index (χ4v) is 61.3. The maximum absolute atomic E-state index is 4.37. The molecule has 0 atom stereocenters. The Labute approximate surface area is 188 Å². The van der Waals surface area contributed by atoms with Crippen molar-refractivity contribution < 1.29 is 0 Å². The van der Waals surface area contributed by atoms with Crippen LogP contribution in [0, 0.1) is 7.87 Å². The first-order valence-electron chi connectivity index (χ1n) is 11.2. The predicted octanol–water partition coefficient (Wildman–Crippen LogP) is 9.77. The molecule has 0 unspecified atom stereocenters. The summed E-state index contributed by atoms with van der Waals surface area (Å²) >= 11 is -6.13. The zero-order chi connectivity index (χ0) is 23.4. The molecular weight excluding hydrogens is 550 g/mol. The Bertz CT molecular complexity index is 474. The fraction of sp³-hybridized carbons (Fsp3) is 0.923. The first kappa shape index (κ1) is 29.2. The molecule has 0 saturated carbocycles. The summed E-state index contributed by atoms with van der Waals surface area (Å²) in [6, 6.07) is 0. The normalized spacial score (nSPS) is 15.9. The van der Waals surface area contributed by atoms with Crippen LogP contribution in [0.5, 0.6) is 0 Å². The quantitative estimate of drug-likeness (QED) is 0.191. The topological polar surface area (TPSA) is 0 Å². The van der Waals surface area contributed by atoms with Gasteiger partial charge in [-0.1, -0.05) is 0 Å². The molecular formula is C26H54Sn2. The maximum atomic E-state index is 4.37. The molecule has 0 saturated heterocycles. The van der Waals surface area contributed by atoms with E-state index in [1.165, 1.54) is 0 Å². The molecule has 0 radical (unpaired) electrons. The second-order valence-corrected chi connectivity index (χ2v) is 50.9. The van der Waals surface area contributed by atoms with Crippen LogP contribution in [-0.2, 0) is 0 Å². The van der Waals surface area contributed by atoms with Crippen molar-refractivity contribution in [2.45, 2.75) is 145 Å². The molecule has 2 heteroatoms. The molecule has 0 heterocycles. The second-order valence-electron chi connectivity index (χ2n) is 15.2. The summed E-state index contributed by atoms with van der Waals surface area (Å²) in [5, 5.41) is 0. The summed E-state index contributed by atoms with van der Waals surface area (Å²) in [5.74, 6) is 0. The third kappa shape index (κ3) is 4.81. The molecule has 0 aliphatic heterocycles. The summed E-state index contributed by atoms with van der Waals surface area (Å²) in [5.41, 5.74) is 0. The summed E-state index contributed by atoms with van der Waals surface area (Å²) in [6.07, 6.45) is 0. The molecule has 0 aliphatic carbocycles. The van der Waals surface area contributed by atoms with Crippen molar-refractivity contribution in [3.05, 3.63) is 0 Å². The van der Waals surface area contributed by atoms with Crippen molar-refractivity contribution in [2.75, 3.05) is 0 Å². The summed E-state index contributed by atoms with van der Waals surface area (Å²) in [4.78, 5) is 0. The van der Waals surface area contributed by atoms with Crippen LogP contribution >= 0.6 is 0 Å². The molecule has 0 aromatic rings. The van der Waals surface area contributed by atoms with Gasteiger partial charge in [0.2, 0.25) is 0 Å². The average molecular weight is 604 g/mol. The summed E-state index contributed by atoms with van der Waals surface area (Å²) in [6.45, 7) is 44.9. The van der Waals surface area contributed by atoms with Gasteiger partial charge < -0.3 is 0 Å². The van der Waals surface area contributed by atoms with E-state index in [4.69, 9.17) is 0 Å². The molecule has 0 aliphatic rings. The summed E-state index contributed by atoms with van der Waals surface area (Å²) < 4.78 is 10.5. The van der Waals surface area contributed by atoms with Gasteiger partial charge in [-0.25, -0.2) is 0 Å². The van der Waals surface area contributed by atoms with Crippen LogP contribution in [0.2, 0.25) is 20.6 Å². The van der Waals surface area contributed by atoms with Crippen LogP contribution in [0.25, 0.3) is 0 Å². The van der Waals surface area contributed by atoms with Gasteiger partial charge in [-0.3, -0.25) is 0 Å². The minimum atomic E-state index is -3.06. The van der Waals surface area contributed by atoms with Crippen LogP contribution in [0.1, 0.15) is 125 Å². The van der Waals surface area contributed by atoms with Crippen molar-refractivity contribution >= 4 is 36.8 Å². The van der Waals surface area contributed by atoms with E-state index in [1.807, 2.05) is 0 Å². The van der Waals surface area contributed by atoms with Crippen molar-refractivity contribution in [3.8, 4) is 7.87 Å². The minimum absolute atomic E-state index is 0.295. The van der Waals surface area contributed by atoms with Gasteiger partial charge in [0.1, 0.15) is 0 Å². The zero-order valence-electron chi connectivity index (χ0n) is 23.0. The van der Waals surface area contributed by atoms with E-state index in [2.05, 4.69) is 132 Å². The second kappa shape index (κ2) is 7.94. The molecule has 0 aromatic heterocycles. The van der Waals surface area contributed by atoms with E-state index in [1.54, 1.807) is 0 Å². The van der Waals surface area contributed by atoms with E-state index in [0.29, 0.717) is 20.6 Å². The summed E-state index contributed by atoms with van der Waals surface area (Å²) in [7, 11) is 0. The molecule has 0 aromatic carbocycles. The van der Waals surface area contributed by atoms with Crippen LogP contribution in [0.15, 0.2) is 0 Å². The third-order valence-corrected chi connectivity index (χ3v) is 50.6. The fourth-order valence-electron chi connectivity index (χ4n) is 8.06. The van der Waals surface area contributed by atoms with Crippen LogP contribution in [0.4, 0.5) is 0 Å². The molecule has 166 valence electrons. The van der Waals surface area contributed by atoms with Gasteiger partial charge in [0, 0.05) is 0 Å². The van der Waals surface area contributed by atoms with Crippen molar-refractivity contribution in [2.24, 2.45) is 0 Å². The molecule has 0 rings (SSSR count). The van der Waals surface area contributed by atoms with Crippen molar-refractivity contribution in [1.29, 1.82) is 0 Å². The molecule has 0 N–H and O–H groups in total. The molecule has 28 heavy (non-hydrogen) atoms. The van der Waals surface area contributed by atoms with E-state index in [0.717, 1.165) is 0 Å². The van der Waals surface area contributed by atoms with Gasteiger partial charge >= 0.3 is 190 Å². The monoisotopic (exact) mass is 606 g/mol. The Kier molecular flexibility index (Phi) is 8.26. The van der Waals surface area contributed by atoms with Crippen LogP contribution < -0.4 is 0 Å². The van der Waals surface area contributed by atoms with Gasteiger partial charge in [0.05, 0.1) is 0 Å². The van der Waals surface area contributed by atoms with Gasteiger partial charge in [-0.2, -0.15) is 0 Å². The van der Waals surface area contributed by atoms with Crippen molar-refractivity contribution in [1.82, 2.24) is 0 Å². The Balaban J connectivity index is 7.58. The first-order chi connectivity index (χ1) is 11.7. The predicted molar refractivity (Wildman–Crippen MR) is 138 cm³/mol. The van der Waals surface area contributed by atoms with E-state index in [-0.39, 0.29) is 0 Å². The molecule has 0 fully saturated rings. The third-order valence-electron chi connectivity index (χ3n) is 7.19. The van der Waals surface area contributed by atoms with Gasteiger partial charge in [-0.05, 0) is 0 Å². The van der Waals surface area contributed by atoms with Crippen molar-refractivity contribution in [3.63, 3.8) is 0 Å². The number of hydrogen-bond donors (Lipinski definition) is 0. The van der Waals surface area contributed by atoms with Crippen LogP contribution in [0.3, 0.4) is 0 Å². The Morgan fingerprint density at radius 2 is 0.393 bits per heavy atom. The number of rotatable bonds is 0. The van der Waals surface area contributed by atoms with E-state index in [9.17, 15) is 0 Å². The standard InChI is InChI=1S/6C4H9.C2.2Sn/c6*1-4(2)3;1-2;;/h6*1-3H3;;;. The SMILES string of the molecule is C[C](C)(C)[Sn]([C]#[C][Sn]([C](C)(C)C)([C](C)(C)C)[C](C)(C)C)([C](C)(C)C)[C](C)(C)C. The Morgan fingerprint density at radius 1 is 0.286 bits per heavy atom. The number of hydrogen-bond acceptors (Lipinski definition) is 0. The van der Waals surface area contributed by atoms with Gasteiger partial charge in [0.25, 0.3) is 0 Å².